The van der Waals surface area contributed by atoms with Crippen LogP contribution in [0, 0.1) is 0 Å². The molecule has 0 radical (unpaired) electrons. The summed E-state index contributed by atoms with van der Waals surface area (Å²) in [7, 11) is 0. The van der Waals surface area contributed by atoms with Crippen LogP contribution in [0.5, 0.6) is 0 Å². The van der Waals surface area contributed by atoms with Gasteiger partial charge in [0.2, 0.25) is 0 Å². The molecule has 1 saturated heterocycles. The molecule has 0 aromatic carbocycles. The fourth-order valence-electron chi connectivity index (χ4n) is 2.54. The highest BCUT2D eigenvalue weighted by Gasteiger charge is 2.30. The number of carboxylic acid groups (broad SMARTS) is 1. The molecule has 1 aromatic heterocycles. The molecule has 0 bridgehead atoms. The second-order valence-electron chi connectivity index (χ2n) is 5.46. The largest absolute Gasteiger partial charge is 0.481 e. The lowest BCUT2D eigenvalue weighted by atomic mass is 10.2. The molecule has 20 heavy (non-hydrogen) atoms. The number of morpholine rings is 1. The highest BCUT2D eigenvalue weighted by Crippen LogP contribution is 2.42. The third-order valence-electron chi connectivity index (χ3n) is 3.79. The van der Waals surface area contributed by atoms with Crippen LogP contribution in [-0.2, 0) is 22.4 Å². The van der Waals surface area contributed by atoms with Crippen molar-refractivity contribution in [2.75, 3.05) is 32.8 Å². The van der Waals surface area contributed by atoms with E-state index >= 15 is 0 Å². The Morgan fingerprint density at radius 1 is 1.40 bits per heavy atom. The van der Waals surface area contributed by atoms with Gasteiger partial charge in [-0.2, -0.15) is 0 Å². The molecule has 1 aromatic rings. The lowest BCUT2D eigenvalue weighted by molar-refractivity contribution is -0.136. The molecule has 1 saturated carbocycles. The summed E-state index contributed by atoms with van der Waals surface area (Å²) in [4.78, 5) is 19.0. The fraction of sp³-hybridized carbons (Fsp3) is 0.714. The second-order valence-corrected chi connectivity index (χ2v) is 6.63. The Balaban J connectivity index is 1.62. The molecule has 110 valence electrons. The number of hydrogen-bond donors (Lipinski definition) is 1. The van der Waals surface area contributed by atoms with Gasteiger partial charge in [-0.05, 0) is 12.8 Å². The van der Waals surface area contributed by atoms with E-state index in [0.29, 0.717) is 5.92 Å². The van der Waals surface area contributed by atoms with Gasteiger partial charge >= 0.3 is 5.97 Å². The quantitative estimate of drug-likeness (QED) is 0.862. The molecule has 1 aliphatic carbocycles. The molecule has 2 aliphatic rings. The van der Waals surface area contributed by atoms with Crippen molar-refractivity contribution in [3.05, 3.63) is 15.6 Å². The van der Waals surface area contributed by atoms with E-state index in [0.717, 1.165) is 54.8 Å². The Morgan fingerprint density at radius 3 is 2.80 bits per heavy atom. The van der Waals surface area contributed by atoms with Gasteiger partial charge in [0, 0.05) is 36.9 Å². The van der Waals surface area contributed by atoms with Gasteiger partial charge in [0.25, 0.3) is 0 Å². The van der Waals surface area contributed by atoms with Crippen molar-refractivity contribution in [3.63, 3.8) is 0 Å². The fourth-order valence-corrected chi connectivity index (χ4v) is 3.67. The molecule has 5 nitrogen and oxygen atoms in total. The van der Waals surface area contributed by atoms with Crippen LogP contribution in [0.25, 0.3) is 0 Å². The summed E-state index contributed by atoms with van der Waals surface area (Å²) in [6, 6.07) is 0. The summed E-state index contributed by atoms with van der Waals surface area (Å²) in [6.45, 7) is 4.60. The minimum Gasteiger partial charge on any atom is -0.481 e. The SMILES string of the molecule is O=C(O)Cc1sc(CCN2CCOCC2)nc1C1CC1. The molecule has 1 N–H and O–H groups in total. The molecule has 2 heterocycles. The first-order chi connectivity index (χ1) is 9.72. The van der Waals surface area contributed by atoms with E-state index in [4.69, 9.17) is 14.8 Å². The minimum atomic E-state index is -0.754. The standard InChI is InChI=1S/C14H20N2O3S/c17-13(18)9-11-14(10-1-2-10)15-12(20-11)3-4-16-5-7-19-8-6-16/h10H,1-9H2,(H,17,18). The van der Waals surface area contributed by atoms with E-state index in [9.17, 15) is 4.79 Å². The lowest BCUT2D eigenvalue weighted by Gasteiger charge is -2.25. The van der Waals surface area contributed by atoms with Gasteiger partial charge in [-0.25, -0.2) is 4.98 Å². The summed E-state index contributed by atoms with van der Waals surface area (Å²) in [5.41, 5.74) is 1.06. The third-order valence-corrected chi connectivity index (χ3v) is 4.92. The number of nitrogens with zero attached hydrogens (tertiary/aromatic N) is 2. The van der Waals surface area contributed by atoms with E-state index in [-0.39, 0.29) is 6.42 Å². The maximum atomic E-state index is 10.9. The monoisotopic (exact) mass is 296 g/mol. The van der Waals surface area contributed by atoms with E-state index in [1.165, 1.54) is 12.8 Å². The molecule has 0 amide bonds. The highest BCUT2D eigenvalue weighted by molar-refractivity contribution is 7.11. The first kappa shape index (κ1) is 14.0. The smallest absolute Gasteiger partial charge is 0.308 e. The van der Waals surface area contributed by atoms with Gasteiger partial charge in [0.15, 0.2) is 0 Å². The highest BCUT2D eigenvalue weighted by atomic mass is 32.1. The molecule has 3 rings (SSSR count). The van der Waals surface area contributed by atoms with Crippen LogP contribution in [0.1, 0.15) is 34.3 Å². The van der Waals surface area contributed by atoms with Crippen molar-refractivity contribution in [3.8, 4) is 0 Å². The predicted octanol–water partition coefficient (Wildman–Crippen LogP) is 1.52. The van der Waals surface area contributed by atoms with Gasteiger partial charge < -0.3 is 9.84 Å². The maximum Gasteiger partial charge on any atom is 0.308 e. The summed E-state index contributed by atoms with van der Waals surface area (Å²) < 4.78 is 5.34. The van der Waals surface area contributed by atoms with E-state index in [2.05, 4.69) is 4.90 Å². The molecule has 1 aliphatic heterocycles. The summed E-state index contributed by atoms with van der Waals surface area (Å²) in [5.74, 6) is -0.229. The number of rotatable bonds is 6. The van der Waals surface area contributed by atoms with Crippen LogP contribution in [-0.4, -0.2) is 53.8 Å². The minimum absolute atomic E-state index is 0.126. The normalized spacial score (nSPS) is 20.2. The van der Waals surface area contributed by atoms with Crippen LogP contribution in [0.2, 0.25) is 0 Å². The Labute approximate surface area is 122 Å². The lowest BCUT2D eigenvalue weighted by Crippen LogP contribution is -2.37. The van der Waals surface area contributed by atoms with Crippen molar-refractivity contribution >= 4 is 17.3 Å². The van der Waals surface area contributed by atoms with Crippen molar-refractivity contribution in [2.45, 2.75) is 31.6 Å². The molecule has 0 unspecified atom stereocenters. The van der Waals surface area contributed by atoms with Gasteiger partial charge in [0.05, 0.1) is 30.3 Å². The van der Waals surface area contributed by atoms with E-state index in [1.807, 2.05) is 0 Å². The Kier molecular flexibility index (Phi) is 4.33. The van der Waals surface area contributed by atoms with Gasteiger partial charge in [-0.15, -0.1) is 11.3 Å². The summed E-state index contributed by atoms with van der Waals surface area (Å²) in [6.07, 6.45) is 3.38. The molecular weight excluding hydrogens is 276 g/mol. The number of aromatic nitrogens is 1. The first-order valence-electron chi connectivity index (χ1n) is 7.23. The molecule has 0 spiro atoms. The average Bonchev–Trinajstić information content (AvgIpc) is 3.20. The number of aliphatic carboxylic acids is 1. The van der Waals surface area contributed by atoms with Gasteiger partial charge in [0.1, 0.15) is 0 Å². The second kappa shape index (κ2) is 6.20. The van der Waals surface area contributed by atoms with Crippen LogP contribution in [0.4, 0.5) is 0 Å². The summed E-state index contributed by atoms with van der Waals surface area (Å²) in [5, 5.41) is 10.1. The molecule has 2 fully saturated rings. The predicted molar refractivity (Wildman–Crippen MR) is 76.4 cm³/mol. The topological polar surface area (TPSA) is 62.7 Å². The zero-order valence-corrected chi connectivity index (χ0v) is 12.3. The number of hydrogen-bond acceptors (Lipinski definition) is 5. The van der Waals surface area contributed by atoms with Gasteiger partial charge in [-0.1, -0.05) is 0 Å². The molecule has 6 heteroatoms. The zero-order valence-electron chi connectivity index (χ0n) is 11.5. The Bertz CT molecular complexity index is 479. The Hall–Kier alpha value is -0.980. The van der Waals surface area contributed by atoms with Gasteiger partial charge in [-0.3, -0.25) is 9.69 Å². The molecule has 0 atom stereocenters. The van der Waals surface area contributed by atoms with E-state index < -0.39 is 5.97 Å². The van der Waals surface area contributed by atoms with Crippen LogP contribution in [0.3, 0.4) is 0 Å². The first-order valence-corrected chi connectivity index (χ1v) is 8.04. The maximum absolute atomic E-state index is 10.9. The van der Waals surface area contributed by atoms with Crippen LogP contribution < -0.4 is 0 Å². The number of carboxylic acids is 1. The number of carbonyl (C=O) groups is 1. The van der Waals surface area contributed by atoms with Crippen LogP contribution >= 0.6 is 11.3 Å². The number of thiazole rings is 1. The third kappa shape index (κ3) is 3.56. The van der Waals surface area contributed by atoms with Crippen molar-refractivity contribution < 1.29 is 14.6 Å². The van der Waals surface area contributed by atoms with Crippen LogP contribution in [0.15, 0.2) is 0 Å². The zero-order chi connectivity index (χ0) is 13.9. The Morgan fingerprint density at radius 2 is 2.15 bits per heavy atom. The van der Waals surface area contributed by atoms with Crippen molar-refractivity contribution in [1.29, 1.82) is 0 Å². The summed E-state index contributed by atoms with van der Waals surface area (Å²) >= 11 is 1.59. The van der Waals surface area contributed by atoms with Crippen molar-refractivity contribution in [1.82, 2.24) is 9.88 Å². The average molecular weight is 296 g/mol. The van der Waals surface area contributed by atoms with E-state index in [1.54, 1.807) is 11.3 Å². The molecular formula is C14H20N2O3S. The van der Waals surface area contributed by atoms with Crippen molar-refractivity contribution in [2.24, 2.45) is 0 Å². The number of ether oxygens (including phenoxy) is 1.